The lowest BCUT2D eigenvalue weighted by Crippen LogP contribution is -2.20. The molecule has 0 radical (unpaired) electrons. The fourth-order valence-electron chi connectivity index (χ4n) is 2.43. The average molecular weight is 352 g/mol. The summed E-state index contributed by atoms with van der Waals surface area (Å²) in [5.74, 6) is 0.849. The van der Waals surface area contributed by atoms with Crippen LogP contribution in [0.4, 0.5) is 0 Å². The van der Waals surface area contributed by atoms with E-state index in [-0.39, 0.29) is 6.04 Å². The maximum absolute atomic E-state index is 5.29. The summed E-state index contributed by atoms with van der Waals surface area (Å²) in [5, 5.41) is 7.90. The Kier molecular flexibility index (Phi) is 5.42. The molecule has 21 heavy (non-hydrogen) atoms. The minimum absolute atomic E-state index is 0.243. The summed E-state index contributed by atoms with van der Waals surface area (Å²) in [6.07, 6.45) is 1.87. The van der Waals surface area contributed by atoms with Gasteiger partial charge in [0.05, 0.1) is 17.3 Å². The summed E-state index contributed by atoms with van der Waals surface area (Å²) in [4.78, 5) is 0. The molecule has 1 aromatic heterocycles. The zero-order valence-electron chi connectivity index (χ0n) is 13.0. The van der Waals surface area contributed by atoms with Crippen LogP contribution in [0, 0.1) is 0 Å². The molecule has 0 saturated carbocycles. The number of nitrogens with zero attached hydrogens (tertiary/aromatic N) is 2. The van der Waals surface area contributed by atoms with Gasteiger partial charge in [0, 0.05) is 25.2 Å². The van der Waals surface area contributed by atoms with Gasteiger partial charge < -0.3 is 10.1 Å². The first kappa shape index (κ1) is 16.0. The molecule has 0 saturated heterocycles. The Morgan fingerprint density at radius 3 is 2.67 bits per heavy atom. The summed E-state index contributed by atoms with van der Waals surface area (Å²) >= 11 is 3.55. The van der Waals surface area contributed by atoms with E-state index in [9.17, 15) is 0 Å². The van der Waals surface area contributed by atoms with Crippen LogP contribution in [-0.2, 0) is 19.9 Å². The Morgan fingerprint density at radius 2 is 2.14 bits per heavy atom. The van der Waals surface area contributed by atoms with Crippen molar-refractivity contribution in [2.45, 2.75) is 25.8 Å². The normalized spacial score (nSPS) is 12.4. The monoisotopic (exact) mass is 351 g/mol. The van der Waals surface area contributed by atoms with Gasteiger partial charge in [-0.25, -0.2) is 0 Å². The van der Waals surface area contributed by atoms with Crippen LogP contribution < -0.4 is 10.1 Å². The predicted molar refractivity (Wildman–Crippen MR) is 88.8 cm³/mol. The number of hydrogen-bond donors (Lipinski definition) is 1. The van der Waals surface area contributed by atoms with Crippen molar-refractivity contribution in [1.29, 1.82) is 0 Å². The molecule has 1 unspecified atom stereocenters. The highest BCUT2D eigenvalue weighted by Crippen LogP contribution is 2.29. The molecular formula is C16H22BrN3O. The van der Waals surface area contributed by atoms with Crippen LogP contribution in [0.5, 0.6) is 5.75 Å². The smallest absolute Gasteiger partial charge is 0.133 e. The van der Waals surface area contributed by atoms with Crippen molar-refractivity contribution >= 4 is 15.9 Å². The number of aromatic nitrogens is 2. The van der Waals surface area contributed by atoms with Crippen molar-refractivity contribution in [3.63, 3.8) is 0 Å². The molecule has 5 heteroatoms. The molecule has 0 aliphatic heterocycles. The molecule has 0 amide bonds. The lowest BCUT2D eigenvalue weighted by Gasteiger charge is -2.18. The summed E-state index contributed by atoms with van der Waals surface area (Å²) in [6.45, 7) is 2.13. The van der Waals surface area contributed by atoms with Crippen molar-refractivity contribution in [1.82, 2.24) is 15.1 Å². The van der Waals surface area contributed by atoms with Crippen molar-refractivity contribution in [2.24, 2.45) is 7.05 Å². The Balaban J connectivity index is 2.23. The number of halogens is 1. The molecule has 1 N–H and O–H groups in total. The highest BCUT2D eigenvalue weighted by molar-refractivity contribution is 9.10. The van der Waals surface area contributed by atoms with E-state index in [0.717, 1.165) is 28.8 Å². The zero-order chi connectivity index (χ0) is 15.4. The van der Waals surface area contributed by atoms with E-state index in [1.165, 1.54) is 11.3 Å². The highest BCUT2D eigenvalue weighted by atomic mass is 79.9. The molecule has 0 aliphatic carbocycles. The van der Waals surface area contributed by atoms with Gasteiger partial charge in [-0.2, -0.15) is 5.10 Å². The van der Waals surface area contributed by atoms with Crippen LogP contribution in [0.1, 0.15) is 29.9 Å². The summed E-state index contributed by atoms with van der Waals surface area (Å²) < 4.78 is 8.24. The van der Waals surface area contributed by atoms with Crippen LogP contribution in [0.3, 0.4) is 0 Å². The van der Waals surface area contributed by atoms with E-state index in [4.69, 9.17) is 4.74 Å². The van der Waals surface area contributed by atoms with Crippen molar-refractivity contribution in [2.75, 3.05) is 14.2 Å². The molecule has 114 valence electrons. The van der Waals surface area contributed by atoms with E-state index in [2.05, 4.69) is 51.5 Å². The van der Waals surface area contributed by atoms with Crippen LogP contribution in [0.25, 0.3) is 0 Å². The van der Waals surface area contributed by atoms with Gasteiger partial charge in [-0.3, -0.25) is 4.68 Å². The fraction of sp³-hybridized carbons (Fsp3) is 0.438. The number of methoxy groups -OCH3 is 1. The summed E-state index contributed by atoms with van der Waals surface area (Å²) in [6, 6.07) is 8.62. The maximum Gasteiger partial charge on any atom is 0.133 e. The Bertz CT molecular complexity index is 610. The topological polar surface area (TPSA) is 39.1 Å². The molecule has 0 bridgehead atoms. The highest BCUT2D eigenvalue weighted by Gasteiger charge is 2.15. The number of benzene rings is 1. The van der Waals surface area contributed by atoms with E-state index in [1.807, 2.05) is 24.8 Å². The van der Waals surface area contributed by atoms with Crippen molar-refractivity contribution < 1.29 is 4.74 Å². The minimum atomic E-state index is 0.243. The Labute approximate surface area is 134 Å². The fourth-order valence-corrected chi connectivity index (χ4v) is 2.99. The van der Waals surface area contributed by atoms with Crippen molar-refractivity contribution in [3.05, 3.63) is 45.7 Å². The maximum atomic E-state index is 5.29. The third-order valence-electron chi connectivity index (χ3n) is 3.73. The van der Waals surface area contributed by atoms with Crippen LogP contribution in [-0.4, -0.2) is 23.9 Å². The van der Waals surface area contributed by atoms with Crippen LogP contribution >= 0.6 is 15.9 Å². The first-order valence-electron chi connectivity index (χ1n) is 7.11. The second-order valence-electron chi connectivity index (χ2n) is 5.04. The average Bonchev–Trinajstić information content (AvgIpc) is 2.85. The summed E-state index contributed by atoms with van der Waals surface area (Å²) in [7, 11) is 5.67. The van der Waals surface area contributed by atoms with Crippen LogP contribution in [0.2, 0.25) is 0 Å². The van der Waals surface area contributed by atoms with Gasteiger partial charge in [-0.05, 0) is 53.2 Å². The quantitative estimate of drug-likeness (QED) is 0.867. The van der Waals surface area contributed by atoms with E-state index in [0.29, 0.717) is 0 Å². The second kappa shape index (κ2) is 7.09. The number of nitrogens with one attached hydrogen (secondary N) is 1. The van der Waals surface area contributed by atoms with Gasteiger partial charge in [0.1, 0.15) is 5.75 Å². The van der Waals surface area contributed by atoms with Gasteiger partial charge in [-0.1, -0.05) is 13.0 Å². The number of aryl methyl sites for hydroxylation is 2. The number of ether oxygens (including phenoxy) is 1. The first-order valence-corrected chi connectivity index (χ1v) is 7.90. The second-order valence-corrected chi connectivity index (χ2v) is 5.90. The third-order valence-corrected chi connectivity index (χ3v) is 4.35. The number of hydrogen-bond acceptors (Lipinski definition) is 3. The molecule has 2 rings (SSSR count). The summed E-state index contributed by atoms with van der Waals surface area (Å²) in [5.41, 5.74) is 3.60. The van der Waals surface area contributed by atoms with Gasteiger partial charge >= 0.3 is 0 Å². The molecule has 1 atom stereocenters. The molecular weight excluding hydrogens is 330 g/mol. The Hall–Kier alpha value is -1.33. The molecule has 0 fully saturated rings. The largest absolute Gasteiger partial charge is 0.496 e. The van der Waals surface area contributed by atoms with E-state index < -0.39 is 0 Å². The molecule has 2 aromatic rings. The predicted octanol–water partition coefficient (Wildman–Crippen LogP) is 3.26. The molecule has 0 spiro atoms. The third kappa shape index (κ3) is 3.66. The van der Waals surface area contributed by atoms with Gasteiger partial charge in [0.2, 0.25) is 0 Å². The van der Waals surface area contributed by atoms with Gasteiger partial charge in [0.25, 0.3) is 0 Å². The van der Waals surface area contributed by atoms with E-state index in [1.54, 1.807) is 7.11 Å². The first-order chi connectivity index (χ1) is 10.1. The molecule has 4 nitrogen and oxygen atoms in total. The number of rotatable bonds is 6. The lowest BCUT2D eigenvalue weighted by atomic mass is 10.0. The van der Waals surface area contributed by atoms with E-state index >= 15 is 0 Å². The van der Waals surface area contributed by atoms with Crippen LogP contribution in [0.15, 0.2) is 28.7 Å². The minimum Gasteiger partial charge on any atom is -0.496 e. The molecule has 1 heterocycles. The standard InChI is InChI=1S/C16H22BrN3O/c1-5-12-9-13(20(3)19-12)10-15(18-2)11-6-7-16(21-4)14(17)8-11/h6-9,15,18H,5,10H2,1-4H3. The van der Waals surface area contributed by atoms with Gasteiger partial charge in [0.15, 0.2) is 0 Å². The van der Waals surface area contributed by atoms with Crippen molar-refractivity contribution in [3.8, 4) is 5.75 Å². The molecule has 0 aliphatic rings. The van der Waals surface area contributed by atoms with Gasteiger partial charge in [-0.15, -0.1) is 0 Å². The number of likely N-dealkylation sites (N-methyl/N-ethyl adjacent to an activating group) is 1. The lowest BCUT2D eigenvalue weighted by molar-refractivity contribution is 0.411. The Morgan fingerprint density at radius 1 is 1.38 bits per heavy atom. The SMILES string of the molecule is CCc1cc(CC(NC)c2ccc(OC)c(Br)c2)n(C)n1. The zero-order valence-corrected chi connectivity index (χ0v) is 14.6. The molecule has 1 aromatic carbocycles.